The molecule has 25 heavy (non-hydrogen) atoms. The molecule has 0 unspecified atom stereocenters. The maximum Gasteiger partial charge on any atom is 0.196 e. The van der Waals surface area contributed by atoms with Gasteiger partial charge in [-0.15, -0.1) is 11.8 Å². The first-order valence-corrected chi connectivity index (χ1v) is 8.90. The van der Waals surface area contributed by atoms with Crippen molar-refractivity contribution in [2.45, 2.75) is 38.6 Å². The van der Waals surface area contributed by atoms with E-state index in [1.165, 1.54) is 29.0 Å². The summed E-state index contributed by atoms with van der Waals surface area (Å²) >= 11 is 1.31. The molecule has 0 aliphatic heterocycles. The van der Waals surface area contributed by atoms with E-state index in [1.54, 1.807) is 0 Å². The van der Waals surface area contributed by atoms with Gasteiger partial charge < -0.3 is 4.98 Å². The molecule has 0 saturated carbocycles. The third-order valence-corrected chi connectivity index (χ3v) is 4.56. The third kappa shape index (κ3) is 5.01. The van der Waals surface area contributed by atoms with E-state index in [1.807, 2.05) is 13.0 Å². The Hall–Kier alpha value is -1.95. The molecule has 2 aromatic rings. The van der Waals surface area contributed by atoms with Gasteiger partial charge in [-0.1, -0.05) is 23.3 Å². The molecule has 1 aromatic carbocycles. The second-order valence-electron chi connectivity index (χ2n) is 6.09. The van der Waals surface area contributed by atoms with E-state index in [9.17, 15) is 18.0 Å². The maximum atomic E-state index is 13.9. The lowest BCUT2D eigenvalue weighted by Crippen LogP contribution is -2.06. The average Bonchev–Trinajstić information content (AvgIpc) is 2.54. The minimum Gasteiger partial charge on any atom is -0.347 e. The minimum atomic E-state index is -1.58. The van der Waals surface area contributed by atoms with E-state index in [0.29, 0.717) is 16.8 Å². The Balaban J connectivity index is 2.14. The van der Waals surface area contributed by atoms with Crippen molar-refractivity contribution in [2.24, 2.45) is 0 Å². The number of allylic oxidation sites excluding steroid dienone is 3. The van der Waals surface area contributed by atoms with Crippen LogP contribution in [0, 0.1) is 17.5 Å². The predicted molar refractivity (Wildman–Crippen MR) is 97.6 cm³/mol. The molecule has 0 atom stereocenters. The van der Waals surface area contributed by atoms with Crippen LogP contribution in [0.5, 0.6) is 0 Å². The summed E-state index contributed by atoms with van der Waals surface area (Å²) in [5.41, 5.74) is 1.64. The van der Waals surface area contributed by atoms with Crippen molar-refractivity contribution in [3.63, 3.8) is 0 Å². The van der Waals surface area contributed by atoms with Crippen LogP contribution in [0.3, 0.4) is 0 Å². The lowest BCUT2D eigenvalue weighted by Gasteiger charge is -2.06. The zero-order valence-corrected chi connectivity index (χ0v) is 15.2. The first-order chi connectivity index (χ1) is 11.8. The summed E-state index contributed by atoms with van der Waals surface area (Å²) in [6.45, 7) is 6.14. The van der Waals surface area contributed by atoms with E-state index in [0.717, 1.165) is 12.8 Å². The maximum absolute atomic E-state index is 13.9. The monoisotopic (exact) mass is 367 g/mol. The molecule has 0 aliphatic carbocycles. The second-order valence-corrected chi connectivity index (χ2v) is 7.15. The van der Waals surface area contributed by atoms with Crippen LogP contribution in [0.1, 0.15) is 33.6 Å². The van der Waals surface area contributed by atoms with Crippen molar-refractivity contribution in [3.8, 4) is 0 Å². The summed E-state index contributed by atoms with van der Waals surface area (Å²) in [4.78, 5) is 14.7. The molecule has 2 nitrogen and oxygen atoms in total. The quantitative estimate of drug-likeness (QED) is 0.402. The van der Waals surface area contributed by atoms with Gasteiger partial charge in [0.1, 0.15) is 0 Å². The van der Waals surface area contributed by atoms with Gasteiger partial charge in [0.25, 0.3) is 0 Å². The number of aromatic amines is 1. The highest BCUT2D eigenvalue weighted by molar-refractivity contribution is 7.99. The first-order valence-electron chi connectivity index (χ1n) is 7.92. The van der Waals surface area contributed by atoms with E-state index >= 15 is 0 Å². The summed E-state index contributed by atoms with van der Waals surface area (Å²) in [5.74, 6) is -3.73. The number of hydrogen-bond acceptors (Lipinski definition) is 2. The zero-order chi connectivity index (χ0) is 18.6. The van der Waals surface area contributed by atoms with Gasteiger partial charge in [-0.2, -0.15) is 0 Å². The van der Waals surface area contributed by atoms with Gasteiger partial charge in [0.2, 0.25) is 0 Å². The van der Waals surface area contributed by atoms with E-state index in [4.69, 9.17) is 0 Å². The largest absolute Gasteiger partial charge is 0.347 e. The summed E-state index contributed by atoms with van der Waals surface area (Å²) in [7, 11) is 0. The highest BCUT2D eigenvalue weighted by atomic mass is 32.2. The highest BCUT2D eigenvalue weighted by Crippen LogP contribution is 2.23. The summed E-state index contributed by atoms with van der Waals surface area (Å²) in [6.07, 6.45) is 6.12. The van der Waals surface area contributed by atoms with Crippen LogP contribution >= 0.6 is 11.8 Å². The fourth-order valence-corrected chi connectivity index (χ4v) is 3.22. The van der Waals surface area contributed by atoms with Crippen LogP contribution in [-0.2, 0) is 0 Å². The molecule has 6 heteroatoms. The van der Waals surface area contributed by atoms with Crippen LogP contribution in [0.4, 0.5) is 13.2 Å². The molecule has 2 rings (SSSR count). The Morgan fingerprint density at radius 3 is 2.52 bits per heavy atom. The van der Waals surface area contributed by atoms with Crippen molar-refractivity contribution in [3.05, 3.63) is 63.1 Å². The number of nitrogens with one attached hydrogen (secondary N) is 1. The third-order valence-electron chi connectivity index (χ3n) is 3.70. The molecule has 1 N–H and O–H groups in total. The number of benzene rings is 1. The van der Waals surface area contributed by atoms with Crippen LogP contribution in [0.15, 0.2) is 45.3 Å². The van der Waals surface area contributed by atoms with Crippen molar-refractivity contribution in [1.29, 1.82) is 0 Å². The topological polar surface area (TPSA) is 32.9 Å². The second kappa shape index (κ2) is 8.43. The lowest BCUT2D eigenvalue weighted by molar-refractivity contribution is 0.452. The van der Waals surface area contributed by atoms with Crippen LogP contribution in [0.25, 0.3) is 10.9 Å². The Labute approximate surface area is 148 Å². The van der Waals surface area contributed by atoms with Gasteiger partial charge in [0, 0.05) is 11.8 Å². The van der Waals surface area contributed by atoms with E-state index < -0.39 is 22.9 Å². The number of aromatic nitrogens is 1. The van der Waals surface area contributed by atoms with Crippen molar-refractivity contribution < 1.29 is 13.2 Å². The number of pyridine rings is 1. The van der Waals surface area contributed by atoms with Crippen molar-refractivity contribution >= 4 is 22.7 Å². The number of hydrogen-bond donors (Lipinski definition) is 1. The Morgan fingerprint density at radius 2 is 1.84 bits per heavy atom. The predicted octanol–water partition coefficient (Wildman–Crippen LogP) is 5.73. The molecular weight excluding hydrogens is 347 g/mol. The molecule has 0 amide bonds. The Kier molecular flexibility index (Phi) is 6.53. The molecule has 1 heterocycles. The molecule has 0 fully saturated rings. The van der Waals surface area contributed by atoms with Crippen molar-refractivity contribution in [1.82, 2.24) is 4.98 Å². The average molecular weight is 367 g/mol. The molecular formula is C19H20F3NOS. The summed E-state index contributed by atoms with van der Waals surface area (Å²) < 4.78 is 40.5. The number of fused-ring (bicyclic) bond motifs is 1. The Morgan fingerprint density at radius 1 is 1.12 bits per heavy atom. The number of thioether (sulfide) groups is 1. The normalized spacial score (nSPS) is 11.8. The molecule has 0 aliphatic rings. The molecule has 1 aromatic heterocycles. The summed E-state index contributed by atoms with van der Waals surface area (Å²) in [6, 6.07) is 1.99. The highest BCUT2D eigenvalue weighted by Gasteiger charge is 2.16. The molecule has 0 saturated heterocycles. The summed E-state index contributed by atoms with van der Waals surface area (Å²) in [5, 5.41) is 0.213. The van der Waals surface area contributed by atoms with Gasteiger partial charge in [0.05, 0.1) is 15.9 Å². The van der Waals surface area contributed by atoms with Crippen LogP contribution in [-0.4, -0.2) is 10.7 Å². The molecule has 0 spiro atoms. The minimum absolute atomic E-state index is 0.200. The van der Waals surface area contributed by atoms with Gasteiger partial charge in [-0.05, 0) is 39.7 Å². The van der Waals surface area contributed by atoms with Gasteiger partial charge in [-0.3, -0.25) is 4.79 Å². The van der Waals surface area contributed by atoms with Gasteiger partial charge in [0.15, 0.2) is 22.9 Å². The number of H-pyrrole nitrogens is 1. The lowest BCUT2D eigenvalue weighted by atomic mass is 10.1. The van der Waals surface area contributed by atoms with Crippen molar-refractivity contribution in [2.75, 3.05) is 5.75 Å². The fraction of sp³-hybridized carbons (Fsp3) is 0.316. The SMILES string of the molecule is CC(C)=CCC/C(C)=C/CSc1cc(=O)c2cc(F)c(F)c(F)c2[nH]1. The van der Waals surface area contributed by atoms with E-state index in [2.05, 4.69) is 24.9 Å². The molecule has 134 valence electrons. The number of rotatable bonds is 6. The standard InChI is InChI=1S/C19H20F3NOS/c1-11(2)5-4-6-12(3)7-8-25-16-10-15(24)13-9-14(20)17(21)18(22)19(13)23-16/h5,7,9-10H,4,6,8H2,1-3H3,(H,23,24)/b12-7+. The molecule has 0 bridgehead atoms. The van der Waals surface area contributed by atoms with Crippen LogP contribution in [0.2, 0.25) is 0 Å². The molecule has 0 radical (unpaired) electrons. The van der Waals surface area contributed by atoms with E-state index in [-0.39, 0.29) is 10.9 Å². The zero-order valence-electron chi connectivity index (χ0n) is 14.4. The fourth-order valence-electron chi connectivity index (χ4n) is 2.31. The van der Waals surface area contributed by atoms with Crippen LogP contribution < -0.4 is 5.43 Å². The number of halogens is 3. The van der Waals surface area contributed by atoms with Gasteiger partial charge in [-0.25, -0.2) is 13.2 Å². The first kappa shape index (κ1) is 19.4. The van der Waals surface area contributed by atoms with Gasteiger partial charge >= 0.3 is 0 Å². The Bertz CT molecular complexity index is 896. The smallest absolute Gasteiger partial charge is 0.196 e.